The molecule has 3 saturated heterocycles. The van der Waals surface area contributed by atoms with Crippen molar-refractivity contribution in [3.05, 3.63) is 29.8 Å². The molecular weight excluding hydrogens is 458 g/mol. The van der Waals surface area contributed by atoms with Gasteiger partial charge in [0.1, 0.15) is 24.8 Å². The summed E-state index contributed by atoms with van der Waals surface area (Å²) in [4.78, 5) is 45.5. The molecule has 3 N–H and O–H groups in total. The number of anilines is 1. The molecule has 2 amide bonds. The van der Waals surface area contributed by atoms with Crippen molar-refractivity contribution in [3.8, 4) is 0 Å². The predicted molar refractivity (Wildman–Crippen MR) is 139 cm³/mol. The van der Waals surface area contributed by atoms with Crippen LogP contribution in [-0.4, -0.2) is 97.0 Å². The van der Waals surface area contributed by atoms with Crippen molar-refractivity contribution in [2.24, 2.45) is 11.1 Å². The number of Topliss-reactive ketones (excluding diaryl/α,β-unsaturated/α-hetero) is 1. The molecule has 1 aromatic carbocycles. The van der Waals surface area contributed by atoms with Crippen LogP contribution in [0.25, 0.3) is 0 Å². The van der Waals surface area contributed by atoms with Gasteiger partial charge in [-0.2, -0.15) is 0 Å². The number of nitrogens with zero attached hydrogens (tertiary/aromatic N) is 3. The smallest absolute Gasteiger partial charge is 0.251 e. The third-order valence-corrected chi connectivity index (χ3v) is 7.47. The van der Waals surface area contributed by atoms with Crippen LogP contribution < -0.4 is 16.0 Å². The van der Waals surface area contributed by atoms with Gasteiger partial charge in [-0.25, -0.2) is 0 Å². The summed E-state index contributed by atoms with van der Waals surface area (Å²) in [5.41, 5.74) is 7.54. The minimum atomic E-state index is -0.763. The van der Waals surface area contributed by atoms with Gasteiger partial charge in [-0.15, -0.1) is 0 Å². The number of hydrogen-bond acceptors (Lipinski definition) is 7. The van der Waals surface area contributed by atoms with E-state index >= 15 is 0 Å². The summed E-state index contributed by atoms with van der Waals surface area (Å²) in [5.74, 6) is -0.713. The van der Waals surface area contributed by atoms with Crippen LogP contribution in [0.3, 0.4) is 0 Å². The number of likely N-dealkylation sites (tertiary alicyclic amines) is 1. The Bertz CT molecular complexity index is 965. The standard InChI is InChI=1S/C27H41N5O4/c1-17(2)30-10-12-31(13-11-30)19-8-6-18(7-9-19)25(34)29-21(14-27(3,4)5)26(35)32-15-20(28)24-23(32)22(33)16-36-24/h6-9,17,20-21,23-24H,10-16,28H2,1-5H3,(H,29,34)/t20-,21+,23-,24-/m1/s1. The molecule has 4 atom stereocenters. The lowest BCUT2D eigenvalue weighted by Gasteiger charge is -2.38. The molecule has 198 valence electrons. The molecule has 3 fully saturated rings. The first-order valence-electron chi connectivity index (χ1n) is 13.0. The van der Waals surface area contributed by atoms with Gasteiger partial charge in [0.2, 0.25) is 5.91 Å². The number of carbonyl (C=O) groups excluding carboxylic acids is 3. The number of piperazine rings is 1. The zero-order chi connectivity index (χ0) is 26.2. The summed E-state index contributed by atoms with van der Waals surface area (Å²) in [7, 11) is 0. The van der Waals surface area contributed by atoms with Gasteiger partial charge in [-0.3, -0.25) is 19.3 Å². The number of amides is 2. The van der Waals surface area contributed by atoms with Crippen LogP contribution in [0.4, 0.5) is 5.69 Å². The fraction of sp³-hybridized carbons (Fsp3) is 0.667. The van der Waals surface area contributed by atoms with Crippen LogP contribution in [0.5, 0.6) is 0 Å². The zero-order valence-electron chi connectivity index (χ0n) is 22.2. The molecule has 3 heterocycles. The first-order valence-corrected chi connectivity index (χ1v) is 13.0. The van der Waals surface area contributed by atoms with Crippen molar-refractivity contribution in [2.45, 2.75) is 71.3 Å². The van der Waals surface area contributed by atoms with Crippen molar-refractivity contribution in [3.63, 3.8) is 0 Å². The first kappa shape index (κ1) is 26.6. The van der Waals surface area contributed by atoms with Gasteiger partial charge >= 0.3 is 0 Å². The van der Waals surface area contributed by atoms with Crippen molar-refractivity contribution in [2.75, 3.05) is 44.2 Å². The van der Waals surface area contributed by atoms with E-state index < -0.39 is 24.2 Å². The Morgan fingerprint density at radius 2 is 1.75 bits per heavy atom. The van der Waals surface area contributed by atoms with Crippen LogP contribution in [0.15, 0.2) is 24.3 Å². The lowest BCUT2D eigenvalue weighted by Crippen LogP contribution is -2.53. The Morgan fingerprint density at radius 3 is 2.33 bits per heavy atom. The predicted octanol–water partition coefficient (Wildman–Crippen LogP) is 1.26. The lowest BCUT2D eigenvalue weighted by molar-refractivity contribution is -0.138. The minimum absolute atomic E-state index is 0.0258. The Hall–Kier alpha value is -2.49. The van der Waals surface area contributed by atoms with Gasteiger partial charge in [-0.1, -0.05) is 20.8 Å². The molecule has 9 nitrogen and oxygen atoms in total. The number of benzene rings is 1. The van der Waals surface area contributed by atoms with E-state index in [1.165, 1.54) is 4.90 Å². The molecule has 0 spiro atoms. The van der Waals surface area contributed by atoms with Crippen molar-refractivity contribution in [1.82, 2.24) is 15.1 Å². The summed E-state index contributed by atoms with van der Waals surface area (Å²) in [6.45, 7) is 14.7. The number of fused-ring (bicyclic) bond motifs is 1. The van der Waals surface area contributed by atoms with Gasteiger partial charge in [-0.05, 0) is 49.9 Å². The summed E-state index contributed by atoms with van der Waals surface area (Å²) >= 11 is 0. The second kappa shape index (κ2) is 10.5. The van der Waals surface area contributed by atoms with Crippen LogP contribution in [0.1, 0.15) is 51.4 Å². The Labute approximate surface area is 214 Å². The lowest BCUT2D eigenvalue weighted by atomic mass is 9.87. The van der Waals surface area contributed by atoms with Gasteiger partial charge < -0.3 is 25.6 Å². The largest absolute Gasteiger partial charge is 0.369 e. The Kier molecular flexibility index (Phi) is 7.73. The number of rotatable bonds is 6. The number of nitrogens with two attached hydrogens (primary N) is 1. The first-order chi connectivity index (χ1) is 16.9. The van der Waals surface area contributed by atoms with Crippen LogP contribution in [0, 0.1) is 5.41 Å². The normalized spacial score (nSPS) is 25.9. The van der Waals surface area contributed by atoms with Crippen LogP contribution >= 0.6 is 0 Å². The molecule has 9 heteroatoms. The third-order valence-electron chi connectivity index (χ3n) is 7.47. The average molecular weight is 500 g/mol. The molecule has 3 aliphatic rings. The topological polar surface area (TPSA) is 108 Å². The maximum Gasteiger partial charge on any atom is 0.251 e. The highest BCUT2D eigenvalue weighted by atomic mass is 16.5. The molecule has 36 heavy (non-hydrogen) atoms. The van der Waals surface area contributed by atoms with E-state index in [4.69, 9.17) is 10.5 Å². The molecule has 3 aliphatic heterocycles. The van der Waals surface area contributed by atoms with E-state index in [2.05, 4.69) is 29.0 Å². The third kappa shape index (κ3) is 5.74. The molecule has 0 aliphatic carbocycles. The number of hydrogen-bond donors (Lipinski definition) is 2. The number of ketones is 1. The van der Waals surface area contributed by atoms with Gasteiger partial charge in [0, 0.05) is 50.0 Å². The molecule has 1 aromatic rings. The fourth-order valence-electron chi connectivity index (χ4n) is 5.49. The van der Waals surface area contributed by atoms with E-state index in [1.54, 1.807) is 0 Å². The Balaban J connectivity index is 1.44. The van der Waals surface area contributed by atoms with E-state index in [0.717, 1.165) is 31.9 Å². The van der Waals surface area contributed by atoms with Gasteiger partial charge in [0.15, 0.2) is 5.78 Å². The molecule has 0 radical (unpaired) electrons. The highest BCUT2D eigenvalue weighted by molar-refractivity contribution is 5.99. The maximum atomic E-state index is 13.6. The molecule has 4 rings (SSSR count). The second-order valence-corrected chi connectivity index (χ2v) is 11.8. The highest BCUT2D eigenvalue weighted by Gasteiger charge is 2.52. The molecule has 0 bridgehead atoms. The number of carbonyl (C=O) groups is 3. The van der Waals surface area contributed by atoms with Crippen LogP contribution in [0.2, 0.25) is 0 Å². The molecular formula is C27H41N5O4. The number of ether oxygens (including phenoxy) is 1. The monoisotopic (exact) mass is 499 g/mol. The van der Waals surface area contributed by atoms with Crippen LogP contribution in [-0.2, 0) is 14.3 Å². The van der Waals surface area contributed by atoms with Gasteiger partial charge in [0.05, 0.1) is 6.04 Å². The molecule has 0 saturated carbocycles. The number of nitrogens with one attached hydrogen (secondary N) is 1. The molecule has 0 unspecified atom stereocenters. The second-order valence-electron chi connectivity index (χ2n) is 11.8. The highest BCUT2D eigenvalue weighted by Crippen LogP contribution is 2.29. The quantitative estimate of drug-likeness (QED) is 0.607. The fourth-order valence-corrected chi connectivity index (χ4v) is 5.49. The summed E-state index contributed by atoms with van der Waals surface area (Å²) in [5, 5.41) is 2.95. The summed E-state index contributed by atoms with van der Waals surface area (Å²) in [6.07, 6.45) is -0.0316. The van der Waals surface area contributed by atoms with Crippen molar-refractivity contribution in [1.29, 1.82) is 0 Å². The van der Waals surface area contributed by atoms with Crippen molar-refractivity contribution < 1.29 is 19.1 Å². The van der Waals surface area contributed by atoms with E-state index in [1.807, 2.05) is 45.0 Å². The van der Waals surface area contributed by atoms with Gasteiger partial charge in [0.25, 0.3) is 5.91 Å². The SMILES string of the molecule is CC(C)N1CCN(c2ccc(C(=O)N[C@@H](CC(C)(C)C)C(=O)N3C[C@@H](N)[C@H]4OCC(=O)[C@H]43)cc2)CC1. The molecule has 0 aromatic heterocycles. The van der Waals surface area contributed by atoms with E-state index in [9.17, 15) is 14.4 Å². The zero-order valence-corrected chi connectivity index (χ0v) is 22.2. The summed E-state index contributed by atoms with van der Waals surface area (Å²) < 4.78 is 5.53. The summed E-state index contributed by atoms with van der Waals surface area (Å²) in [6, 6.07) is 6.28. The Morgan fingerprint density at radius 1 is 1.11 bits per heavy atom. The average Bonchev–Trinajstić information content (AvgIpc) is 3.37. The maximum absolute atomic E-state index is 13.6. The minimum Gasteiger partial charge on any atom is -0.369 e. The van der Waals surface area contributed by atoms with E-state index in [0.29, 0.717) is 18.0 Å². The van der Waals surface area contributed by atoms with Crippen molar-refractivity contribution >= 4 is 23.3 Å². The van der Waals surface area contributed by atoms with E-state index in [-0.39, 0.29) is 36.2 Å².